The molecule has 1 aromatic heterocycles. The second kappa shape index (κ2) is 5.12. The number of aliphatic hydroxyl groups excluding tert-OH is 1. The Labute approximate surface area is 96.3 Å². The third kappa shape index (κ3) is 2.82. The zero-order valence-corrected chi connectivity index (χ0v) is 10.4. The molecule has 1 atom stereocenters. The number of likely N-dealkylation sites (N-methyl/N-ethyl adjacent to an activating group) is 1. The van der Waals surface area contributed by atoms with Gasteiger partial charge in [0.2, 0.25) is 0 Å². The number of anilines is 2. The van der Waals surface area contributed by atoms with E-state index in [0.29, 0.717) is 12.4 Å². The van der Waals surface area contributed by atoms with Crippen LogP contribution in [0.25, 0.3) is 0 Å². The molecule has 0 spiro atoms. The molecule has 5 nitrogen and oxygen atoms in total. The van der Waals surface area contributed by atoms with Gasteiger partial charge in [-0.15, -0.1) is 0 Å². The molecule has 0 saturated heterocycles. The minimum atomic E-state index is -0.398. The minimum absolute atomic E-state index is 0.398. The molecule has 1 aromatic rings. The van der Waals surface area contributed by atoms with E-state index in [-0.39, 0.29) is 0 Å². The summed E-state index contributed by atoms with van der Waals surface area (Å²) in [6, 6.07) is 0. The van der Waals surface area contributed by atoms with Crippen LogP contribution in [0.15, 0.2) is 0 Å². The van der Waals surface area contributed by atoms with E-state index in [4.69, 9.17) is 5.73 Å². The Morgan fingerprint density at radius 3 is 2.56 bits per heavy atom. The van der Waals surface area contributed by atoms with Crippen LogP contribution in [-0.4, -0.2) is 34.8 Å². The van der Waals surface area contributed by atoms with Gasteiger partial charge in [-0.2, -0.15) is 0 Å². The van der Waals surface area contributed by atoms with Crippen molar-refractivity contribution in [1.29, 1.82) is 0 Å². The molecule has 1 unspecified atom stereocenters. The first-order valence-corrected chi connectivity index (χ1v) is 5.47. The number of nitrogen functional groups attached to an aromatic ring is 1. The Kier molecular flexibility index (Phi) is 4.06. The van der Waals surface area contributed by atoms with Crippen molar-refractivity contribution in [2.75, 3.05) is 24.2 Å². The van der Waals surface area contributed by atoms with E-state index in [0.717, 1.165) is 23.6 Å². The van der Waals surface area contributed by atoms with Crippen LogP contribution >= 0.6 is 0 Å². The third-order valence-electron chi connectivity index (χ3n) is 2.42. The first-order chi connectivity index (χ1) is 7.45. The summed E-state index contributed by atoms with van der Waals surface area (Å²) in [7, 11) is 1.89. The SMILES string of the molecule is CCc1nc(N)c(C)c(N(C)CC(C)O)n1. The molecule has 0 aliphatic heterocycles. The predicted molar refractivity (Wildman–Crippen MR) is 65.5 cm³/mol. The number of aliphatic hydroxyl groups is 1. The van der Waals surface area contributed by atoms with Gasteiger partial charge >= 0.3 is 0 Å². The van der Waals surface area contributed by atoms with Crippen molar-refractivity contribution in [2.24, 2.45) is 0 Å². The zero-order valence-electron chi connectivity index (χ0n) is 10.4. The van der Waals surface area contributed by atoms with Crippen LogP contribution in [0, 0.1) is 6.92 Å². The topological polar surface area (TPSA) is 75.3 Å². The first-order valence-electron chi connectivity index (χ1n) is 5.47. The van der Waals surface area contributed by atoms with E-state index in [1.165, 1.54) is 0 Å². The maximum absolute atomic E-state index is 9.35. The largest absolute Gasteiger partial charge is 0.392 e. The van der Waals surface area contributed by atoms with Crippen molar-refractivity contribution in [3.8, 4) is 0 Å². The molecule has 0 radical (unpaired) electrons. The van der Waals surface area contributed by atoms with E-state index >= 15 is 0 Å². The van der Waals surface area contributed by atoms with Crippen molar-refractivity contribution in [3.63, 3.8) is 0 Å². The summed E-state index contributed by atoms with van der Waals surface area (Å²) in [5, 5.41) is 9.35. The van der Waals surface area contributed by atoms with Gasteiger partial charge in [-0.25, -0.2) is 9.97 Å². The number of hydrogen-bond acceptors (Lipinski definition) is 5. The molecule has 0 aromatic carbocycles. The van der Waals surface area contributed by atoms with Crippen LogP contribution < -0.4 is 10.6 Å². The number of aromatic nitrogens is 2. The maximum Gasteiger partial charge on any atom is 0.137 e. The second-order valence-corrected chi connectivity index (χ2v) is 4.06. The third-order valence-corrected chi connectivity index (χ3v) is 2.42. The molecule has 0 amide bonds. The molecule has 5 heteroatoms. The second-order valence-electron chi connectivity index (χ2n) is 4.06. The Morgan fingerprint density at radius 2 is 2.06 bits per heavy atom. The lowest BCUT2D eigenvalue weighted by Gasteiger charge is -2.22. The standard InChI is InChI=1S/C11H20N4O/c1-5-9-13-10(12)8(3)11(14-9)15(4)6-7(2)16/h7,16H,5-6H2,1-4H3,(H2,12,13,14). The van der Waals surface area contributed by atoms with Gasteiger partial charge in [-0.3, -0.25) is 0 Å². The first kappa shape index (κ1) is 12.7. The minimum Gasteiger partial charge on any atom is -0.392 e. The molecule has 0 aliphatic rings. The molecular formula is C11H20N4O. The summed E-state index contributed by atoms with van der Waals surface area (Å²) in [6.07, 6.45) is 0.352. The highest BCUT2D eigenvalue weighted by Gasteiger charge is 2.13. The quantitative estimate of drug-likeness (QED) is 0.789. The van der Waals surface area contributed by atoms with E-state index < -0.39 is 6.10 Å². The lowest BCUT2D eigenvalue weighted by atomic mass is 10.2. The molecule has 3 N–H and O–H groups in total. The Balaban J connectivity index is 3.06. The van der Waals surface area contributed by atoms with Gasteiger partial charge in [0.25, 0.3) is 0 Å². The monoisotopic (exact) mass is 224 g/mol. The van der Waals surface area contributed by atoms with Gasteiger partial charge in [0, 0.05) is 25.6 Å². The Morgan fingerprint density at radius 1 is 1.44 bits per heavy atom. The van der Waals surface area contributed by atoms with Crippen LogP contribution in [-0.2, 0) is 6.42 Å². The highest BCUT2D eigenvalue weighted by atomic mass is 16.3. The summed E-state index contributed by atoms with van der Waals surface area (Å²) in [6.45, 7) is 6.16. The molecule has 1 rings (SSSR count). The number of aryl methyl sites for hydroxylation is 1. The molecule has 0 fully saturated rings. The van der Waals surface area contributed by atoms with E-state index in [2.05, 4.69) is 9.97 Å². The van der Waals surface area contributed by atoms with Gasteiger partial charge in [0.05, 0.1) is 6.10 Å². The molecule has 16 heavy (non-hydrogen) atoms. The highest BCUT2D eigenvalue weighted by molar-refractivity contribution is 5.56. The summed E-state index contributed by atoms with van der Waals surface area (Å²) >= 11 is 0. The van der Waals surface area contributed by atoms with E-state index in [1.807, 2.05) is 25.8 Å². The van der Waals surface area contributed by atoms with Crippen molar-refractivity contribution in [1.82, 2.24) is 9.97 Å². The molecular weight excluding hydrogens is 204 g/mol. The summed E-state index contributed by atoms with van der Waals surface area (Å²) in [5.74, 6) is 2.04. The number of nitrogens with zero attached hydrogens (tertiary/aromatic N) is 3. The average Bonchev–Trinajstić information content (AvgIpc) is 2.20. The fraction of sp³-hybridized carbons (Fsp3) is 0.636. The summed E-state index contributed by atoms with van der Waals surface area (Å²) in [5.41, 5.74) is 6.69. The molecule has 0 aliphatic carbocycles. The van der Waals surface area contributed by atoms with Gasteiger partial charge in [-0.05, 0) is 13.8 Å². The lowest BCUT2D eigenvalue weighted by molar-refractivity contribution is 0.201. The van der Waals surface area contributed by atoms with Crippen molar-refractivity contribution in [3.05, 3.63) is 11.4 Å². The Bertz CT molecular complexity index is 365. The molecule has 0 saturated carbocycles. The van der Waals surface area contributed by atoms with E-state index in [9.17, 15) is 5.11 Å². The smallest absolute Gasteiger partial charge is 0.137 e. The van der Waals surface area contributed by atoms with Crippen molar-refractivity contribution in [2.45, 2.75) is 33.3 Å². The van der Waals surface area contributed by atoms with E-state index in [1.54, 1.807) is 6.92 Å². The fourth-order valence-electron chi connectivity index (χ4n) is 1.58. The van der Waals surface area contributed by atoms with Crippen molar-refractivity contribution >= 4 is 11.6 Å². The van der Waals surface area contributed by atoms with Crippen LogP contribution in [0.4, 0.5) is 11.6 Å². The number of rotatable bonds is 4. The summed E-state index contributed by atoms with van der Waals surface area (Å²) < 4.78 is 0. The predicted octanol–water partition coefficient (Wildman–Crippen LogP) is 0.747. The highest BCUT2D eigenvalue weighted by Crippen LogP contribution is 2.20. The van der Waals surface area contributed by atoms with Gasteiger partial charge in [0.1, 0.15) is 17.5 Å². The van der Waals surface area contributed by atoms with Crippen LogP contribution in [0.5, 0.6) is 0 Å². The average molecular weight is 224 g/mol. The zero-order chi connectivity index (χ0) is 12.3. The molecule has 90 valence electrons. The number of hydrogen-bond donors (Lipinski definition) is 2. The van der Waals surface area contributed by atoms with Gasteiger partial charge in [0.15, 0.2) is 0 Å². The molecule has 0 bridgehead atoms. The van der Waals surface area contributed by atoms with Crippen molar-refractivity contribution < 1.29 is 5.11 Å². The van der Waals surface area contributed by atoms with Gasteiger partial charge < -0.3 is 15.7 Å². The fourth-order valence-corrected chi connectivity index (χ4v) is 1.58. The maximum atomic E-state index is 9.35. The number of nitrogens with two attached hydrogens (primary N) is 1. The van der Waals surface area contributed by atoms with Gasteiger partial charge in [-0.1, -0.05) is 6.92 Å². The van der Waals surface area contributed by atoms with Crippen LogP contribution in [0.1, 0.15) is 25.2 Å². The Hall–Kier alpha value is -1.36. The summed E-state index contributed by atoms with van der Waals surface area (Å²) in [4.78, 5) is 10.5. The van der Waals surface area contributed by atoms with Crippen LogP contribution in [0.2, 0.25) is 0 Å². The molecule has 1 heterocycles. The lowest BCUT2D eigenvalue weighted by Crippen LogP contribution is -2.29. The normalized spacial score (nSPS) is 12.6. The van der Waals surface area contributed by atoms with Crippen LogP contribution in [0.3, 0.4) is 0 Å².